The summed E-state index contributed by atoms with van der Waals surface area (Å²) in [5, 5.41) is 16.4. The van der Waals surface area contributed by atoms with Crippen molar-refractivity contribution in [2.75, 3.05) is 6.26 Å². The van der Waals surface area contributed by atoms with Crippen LogP contribution in [0.3, 0.4) is 0 Å². The van der Waals surface area contributed by atoms with Crippen LogP contribution in [0.25, 0.3) is 22.4 Å². The molecule has 0 bridgehead atoms. The molecule has 0 atom stereocenters. The molecule has 0 saturated carbocycles. The highest BCUT2D eigenvalue weighted by atomic mass is 32.2. The van der Waals surface area contributed by atoms with E-state index in [1.54, 1.807) is 18.2 Å². The molecule has 2 aromatic carbocycles. The van der Waals surface area contributed by atoms with E-state index in [-0.39, 0.29) is 17.1 Å². The van der Waals surface area contributed by atoms with Crippen LogP contribution in [0.1, 0.15) is 16.1 Å². The first-order valence-corrected chi connectivity index (χ1v) is 10.4. The number of benzene rings is 2. The van der Waals surface area contributed by atoms with Gasteiger partial charge in [0.05, 0.1) is 23.1 Å². The number of aromatic nitrogens is 2. The SMILES string of the molecule is C=CCn1nc(-c2ccc(S(C)(=O)=O)cc2)c(-c2ccc(C)cc2)c1C(=O)[O-]. The van der Waals surface area contributed by atoms with Gasteiger partial charge in [-0.05, 0) is 24.6 Å². The lowest BCUT2D eigenvalue weighted by Gasteiger charge is -2.10. The molecular formula is C21H19N2O4S-. The second-order valence-corrected chi connectivity index (χ2v) is 8.51. The number of aromatic carboxylic acids is 1. The summed E-state index contributed by atoms with van der Waals surface area (Å²) in [4.78, 5) is 12.1. The number of hydrogen-bond acceptors (Lipinski definition) is 5. The molecule has 6 nitrogen and oxygen atoms in total. The number of hydrogen-bond donors (Lipinski definition) is 0. The minimum Gasteiger partial charge on any atom is -0.543 e. The van der Waals surface area contributed by atoms with Crippen molar-refractivity contribution in [3.05, 3.63) is 72.4 Å². The zero-order chi connectivity index (χ0) is 20.5. The average Bonchev–Trinajstić information content (AvgIpc) is 3.01. The second-order valence-electron chi connectivity index (χ2n) is 6.49. The molecule has 0 unspecified atom stereocenters. The fourth-order valence-corrected chi connectivity index (χ4v) is 3.61. The predicted molar refractivity (Wildman–Crippen MR) is 105 cm³/mol. The second kappa shape index (κ2) is 7.44. The predicted octanol–water partition coefficient (Wildman–Crippen LogP) is 2.48. The van der Waals surface area contributed by atoms with E-state index in [2.05, 4.69) is 11.7 Å². The lowest BCUT2D eigenvalue weighted by Crippen LogP contribution is -2.26. The van der Waals surface area contributed by atoms with E-state index in [1.165, 1.54) is 16.8 Å². The molecule has 0 saturated heterocycles. The van der Waals surface area contributed by atoms with Gasteiger partial charge < -0.3 is 9.90 Å². The molecule has 0 aliphatic heterocycles. The molecule has 3 rings (SSSR count). The number of rotatable bonds is 6. The molecule has 28 heavy (non-hydrogen) atoms. The highest BCUT2D eigenvalue weighted by Gasteiger charge is 2.21. The Morgan fingerprint density at radius 3 is 2.18 bits per heavy atom. The van der Waals surface area contributed by atoms with Crippen LogP contribution in [0, 0.1) is 6.92 Å². The summed E-state index contributed by atoms with van der Waals surface area (Å²) in [6.45, 7) is 5.79. The van der Waals surface area contributed by atoms with Crippen molar-refractivity contribution in [3.8, 4) is 22.4 Å². The lowest BCUT2D eigenvalue weighted by molar-refractivity contribution is -0.255. The Labute approximate surface area is 163 Å². The van der Waals surface area contributed by atoms with Crippen LogP contribution in [0.5, 0.6) is 0 Å². The van der Waals surface area contributed by atoms with Crippen molar-refractivity contribution in [3.63, 3.8) is 0 Å². The average molecular weight is 395 g/mol. The van der Waals surface area contributed by atoms with E-state index in [4.69, 9.17) is 0 Å². The van der Waals surface area contributed by atoms with Crippen LogP contribution >= 0.6 is 0 Å². The third-order valence-corrected chi connectivity index (χ3v) is 5.47. The standard InChI is InChI=1S/C21H20N2O4S/c1-4-13-23-20(21(24)25)18(15-7-5-14(2)6-8-15)19(22-23)16-9-11-17(12-10-16)28(3,26)27/h4-12H,1,13H2,2-3H3,(H,24,25)/p-1. The molecule has 0 spiro atoms. The summed E-state index contributed by atoms with van der Waals surface area (Å²) in [5.41, 5.74) is 3.14. The number of carbonyl (C=O) groups excluding carboxylic acids is 1. The van der Waals surface area contributed by atoms with Gasteiger partial charge in [-0.2, -0.15) is 5.10 Å². The van der Waals surface area contributed by atoms with Gasteiger partial charge >= 0.3 is 0 Å². The normalized spacial score (nSPS) is 11.4. The number of nitrogens with zero attached hydrogens (tertiary/aromatic N) is 2. The van der Waals surface area contributed by atoms with E-state index in [1.807, 2.05) is 31.2 Å². The van der Waals surface area contributed by atoms with Gasteiger partial charge in [0.15, 0.2) is 9.84 Å². The Morgan fingerprint density at radius 1 is 1.11 bits per heavy atom. The van der Waals surface area contributed by atoms with Crippen LogP contribution in [-0.4, -0.2) is 30.4 Å². The molecule has 0 aliphatic carbocycles. The molecule has 0 amide bonds. The number of allylic oxidation sites excluding steroid dienone is 1. The van der Waals surface area contributed by atoms with Crippen LogP contribution in [-0.2, 0) is 16.4 Å². The Morgan fingerprint density at radius 2 is 1.68 bits per heavy atom. The van der Waals surface area contributed by atoms with E-state index < -0.39 is 15.8 Å². The first kappa shape index (κ1) is 19.6. The van der Waals surface area contributed by atoms with E-state index in [9.17, 15) is 18.3 Å². The van der Waals surface area contributed by atoms with Crippen molar-refractivity contribution in [1.29, 1.82) is 0 Å². The van der Waals surface area contributed by atoms with Gasteiger partial charge in [-0.15, -0.1) is 6.58 Å². The lowest BCUT2D eigenvalue weighted by atomic mass is 9.98. The Balaban J connectivity index is 2.28. The van der Waals surface area contributed by atoms with Crippen molar-refractivity contribution >= 4 is 15.8 Å². The quantitative estimate of drug-likeness (QED) is 0.598. The number of sulfone groups is 1. The monoisotopic (exact) mass is 395 g/mol. The molecule has 0 aliphatic rings. The van der Waals surface area contributed by atoms with Gasteiger partial charge in [-0.3, -0.25) is 4.68 Å². The summed E-state index contributed by atoms with van der Waals surface area (Å²) in [6, 6.07) is 13.6. The molecule has 1 heterocycles. The van der Waals surface area contributed by atoms with Crippen LogP contribution in [0.15, 0.2) is 66.1 Å². The third-order valence-electron chi connectivity index (χ3n) is 4.34. The van der Waals surface area contributed by atoms with E-state index in [0.717, 1.165) is 11.8 Å². The number of carboxylic acid groups (broad SMARTS) is 1. The molecular weight excluding hydrogens is 376 g/mol. The zero-order valence-corrected chi connectivity index (χ0v) is 16.4. The highest BCUT2D eigenvalue weighted by Crippen LogP contribution is 2.35. The van der Waals surface area contributed by atoms with Gasteiger partial charge in [-0.1, -0.05) is 48.0 Å². The number of carbonyl (C=O) groups is 1. The highest BCUT2D eigenvalue weighted by molar-refractivity contribution is 7.90. The maximum Gasteiger partial charge on any atom is 0.175 e. The maximum absolute atomic E-state index is 11.9. The van der Waals surface area contributed by atoms with Crippen LogP contribution in [0.4, 0.5) is 0 Å². The molecule has 0 N–H and O–H groups in total. The minimum absolute atomic E-state index is 0.0501. The Hall–Kier alpha value is -3.19. The summed E-state index contributed by atoms with van der Waals surface area (Å²) < 4.78 is 24.8. The minimum atomic E-state index is -3.34. The smallest absolute Gasteiger partial charge is 0.175 e. The largest absolute Gasteiger partial charge is 0.543 e. The molecule has 1 aromatic heterocycles. The molecule has 0 fully saturated rings. The first-order chi connectivity index (χ1) is 13.2. The van der Waals surface area contributed by atoms with E-state index in [0.29, 0.717) is 22.4 Å². The first-order valence-electron chi connectivity index (χ1n) is 8.53. The summed E-state index contributed by atoms with van der Waals surface area (Å²) in [5.74, 6) is -1.34. The summed E-state index contributed by atoms with van der Waals surface area (Å²) in [6.07, 6.45) is 2.68. The Kier molecular flexibility index (Phi) is 5.20. The topological polar surface area (TPSA) is 92.1 Å². The van der Waals surface area contributed by atoms with E-state index >= 15 is 0 Å². The fourth-order valence-electron chi connectivity index (χ4n) is 2.98. The van der Waals surface area contributed by atoms with Gasteiger partial charge in [-0.25, -0.2) is 8.42 Å². The summed E-state index contributed by atoms with van der Waals surface area (Å²) >= 11 is 0. The fraction of sp³-hybridized carbons (Fsp3) is 0.143. The van der Waals surface area contributed by atoms with Gasteiger partial charge in [0, 0.05) is 17.4 Å². The Bertz CT molecular complexity index is 1140. The number of aryl methyl sites for hydroxylation is 1. The third kappa shape index (κ3) is 3.75. The van der Waals surface area contributed by atoms with Gasteiger partial charge in [0.1, 0.15) is 5.69 Å². The van der Waals surface area contributed by atoms with Crippen molar-refractivity contribution < 1.29 is 18.3 Å². The van der Waals surface area contributed by atoms with Crippen LogP contribution < -0.4 is 5.11 Å². The maximum atomic E-state index is 11.9. The summed E-state index contributed by atoms with van der Waals surface area (Å²) in [7, 11) is -3.34. The molecule has 3 aromatic rings. The molecule has 0 radical (unpaired) electrons. The molecule has 144 valence electrons. The van der Waals surface area contributed by atoms with Crippen molar-refractivity contribution in [2.24, 2.45) is 0 Å². The van der Waals surface area contributed by atoms with Crippen LogP contribution in [0.2, 0.25) is 0 Å². The number of carboxylic acids is 1. The van der Waals surface area contributed by atoms with Crippen molar-refractivity contribution in [1.82, 2.24) is 9.78 Å². The molecule has 7 heteroatoms. The van der Waals surface area contributed by atoms with Gasteiger partial charge in [0.25, 0.3) is 0 Å². The zero-order valence-electron chi connectivity index (χ0n) is 15.5. The van der Waals surface area contributed by atoms with Gasteiger partial charge in [0.2, 0.25) is 0 Å². The van der Waals surface area contributed by atoms with Crippen molar-refractivity contribution in [2.45, 2.75) is 18.4 Å².